The molecule has 32 heavy (non-hydrogen) atoms. The van der Waals surface area contributed by atoms with Gasteiger partial charge in [-0.15, -0.1) is 0 Å². The maximum absolute atomic E-state index is 12.8. The summed E-state index contributed by atoms with van der Waals surface area (Å²) in [6.45, 7) is -0.304. The fraction of sp³-hybridized carbons (Fsp3) is 0.409. The molecule has 0 aromatic heterocycles. The van der Waals surface area contributed by atoms with Crippen LogP contribution in [0.3, 0.4) is 0 Å². The van der Waals surface area contributed by atoms with Crippen molar-refractivity contribution in [2.75, 3.05) is 20.8 Å². The van der Waals surface area contributed by atoms with Gasteiger partial charge in [-0.1, -0.05) is 41.9 Å². The SMILES string of the molecule is COc1cc(C(=O)O[C@H]2[C@@H](OC)O[C@H](CO)[C@H](O)[C@@H]2O)cc(Cl)c1OCc1ccccc1. The van der Waals surface area contributed by atoms with Crippen molar-refractivity contribution < 1.29 is 43.8 Å². The lowest BCUT2D eigenvalue weighted by Gasteiger charge is -2.40. The number of hydrogen-bond acceptors (Lipinski definition) is 9. The summed E-state index contributed by atoms with van der Waals surface area (Å²) in [5, 5.41) is 29.8. The van der Waals surface area contributed by atoms with Gasteiger partial charge in [0.05, 0.1) is 24.3 Å². The molecule has 9 nitrogen and oxygen atoms in total. The standard InChI is InChI=1S/C22H25ClO9/c1-28-15-9-13(8-14(23)19(15)30-11-12-6-4-3-5-7-12)21(27)32-20-18(26)17(25)16(10-24)31-22(20)29-2/h3-9,16-18,20,22,24-26H,10-11H2,1-2H3/t16-,17+,18+,20-,22+/m1/s1. The first-order valence-electron chi connectivity index (χ1n) is 9.80. The molecule has 0 spiro atoms. The zero-order chi connectivity index (χ0) is 23.3. The van der Waals surface area contributed by atoms with Gasteiger partial charge >= 0.3 is 5.97 Å². The van der Waals surface area contributed by atoms with Crippen LogP contribution in [0.25, 0.3) is 0 Å². The van der Waals surface area contributed by atoms with Crippen LogP contribution in [-0.2, 0) is 20.8 Å². The van der Waals surface area contributed by atoms with E-state index in [4.69, 9.17) is 35.3 Å². The molecule has 10 heteroatoms. The van der Waals surface area contributed by atoms with Crippen molar-refractivity contribution in [2.24, 2.45) is 0 Å². The van der Waals surface area contributed by atoms with Crippen LogP contribution < -0.4 is 9.47 Å². The highest BCUT2D eigenvalue weighted by molar-refractivity contribution is 6.32. The number of carbonyl (C=O) groups excluding carboxylic acids is 1. The van der Waals surface area contributed by atoms with Gasteiger partial charge in [0.1, 0.15) is 24.9 Å². The zero-order valence-electron chi connectivity index (χ0n) is 17.5. The zero-order valence-corrected chi connectivity index (χ0v) is 18.3. The summed E-state index contributed by atoms with van der Waals surface area (Å²) in [6.07, 6.45) is -6.64. The van der Waals surface area contributed by atoms with Crippen LogP contribution in [-0.4, -0.2) is 72.8 Å². The molecule has 174 valence electrons. The van der Waals surface area contributed by atoms with E-state index in [0.29, 0.717) is 0 Å². The minimum atomic E-state index is -1.54. The maximum Gasteiger partial charge on any atom is 0.338 e. The Bertz CT molecular complexity index is 906. The molecule has 1 heterocycles. The van der Waals surface area contributed by atoms with Gasteiger partial charge in [0.25, 0.3) is 0 Å². The fourth-order valence-electron chi connectivity index (χ4n) is 3.27. The predicted molar refractivity (Wildman–Crippen MR) is 113 cm³/mol. The molecule has 5 atom stereocenters. The molecule has 0 aliphatic carbocycles. The largest absolute Gasteiger partial charge is 0.493 e. The minimum Gasteiger partial charge on any atom is -0.493 e. The number of rotatable bonds is 8. The number of carbonyl (C=O) groups is 1. The van der Waals surface area contributed by atoms with E-state index in [1.807, 2.05) is 30.3 Å². The number of aliphatic hydroxyl groups is 3. The smallest absolute Gasteiger partial charge is 0.338 e. The second-order valence-electron chi connectivity index (χ2n) is 7.08. The average Bonchev–Trinajstić information content (AvgIpc) is 2.81. The van der Waals surface area contributed by atoms with E-state index in [9.17, 15) is 20.1 Å². The van der Waals surface area contributed by atoms with Crippen molar-refractivity contribution in [2.45, 2.75) is 37.3 Å². The maximum atomic E-state index is 12.8. The van der Waals surface area contributed by atoms with E-state index in [2.05, 4.69) is 0 Å². The summed E-state index contributed by atoms with van der Waals surface area (Å²) in [4.78, 5) is 12.8. The van der Waals surface area contributed by atoms with Gasteiger partial charge in [-0.05, 0) is 17.7 Å². The molecule has 2 aromatic carbocycles. The van der Waals surface area contributed by atoms with Gasteiger partial charge in [-0.25, -0.2) is 4.79 Å². The van der Waals surface area contributed by atoms with Gasteiger partial charge in [-0.3, -0.25) is 0 Å². The Balaban J connectivity index is 1.77. The van der Waals surface area contributed by atoms with Crippen LogP contribution in [0.1, 0.15) is 15.9 Å². The van der Waals surface area contributed by atoms with Crippen LogP contribution >= 0.6 is 11.6 Å². The quantitative estimate of drug-likeness (QED) is 0.495. The lowest BCUT2D eigenvalue weighted by atomic mass is 9.99. The molecule has 0 radical (unpaired) electrons. The molecule has 1 saturated heterocycles. The second-order valence-corrected chi connectivity index (χ2v) is 7.48. The van der Waals surface area contributed by atoms with E-state index in [1.165, 1.54) is 26.4 Å². The molecule has 2 aromatic rings. The Morgan fingerprint density at radius 2 is 1.84 bits per heavy atom. The molecule has 1 aliphatic heterocycles. The van der Waals surface area contributed by atoms with Crippen molar-refractivity contribution in [3.63, 3.8) is 0 Å². The first-order chi connectivity index (χ1) is 15.4. The number of aliphatic hydroxyl groups excluding tert-OH is 3. The number of ether oxygens (including phenoxy) is 5. The van der Waals surface area contributed by atoms with Gasteiger partial charge < -0.3 is 39.0 Å². The second kappa shape index (κ2) is 11.0. The summed E-state index contributed by atoms with van der Waals surface area (Å²) in [5.74, 6) is -0.389. The molecule has 0 bridgehead atoms. The number of benzene rings is 2. The molecular weight excluding hydrogens is 444 g/mol. The summed E-state index contributed by atoms with van der Waals surface area (Å²) in [7, 11) is 2.68. The third-order valence-electron chi connectivity index (χ3n) is 4.99. The highest BCUT2D eigenvalue weighted by Gasteiger charge is 2.47. The number of methoxy groups -OCH3 is 2. The highest BCUT2D eigenvalue weighted by atomic mass is 35.5. The third kappa shape index (κ3) is 5.32. The lowest BCUT2D eigenvalue weighted by Crippen LogP contribution is -2.60. The highest BCUT2D eigenvalue weighted by Crippen LogP contribution is 2.37. The lowest BCUT2D eigenvalue weighted by molar-refractivity contribution is -0.293. The third-order valence-corrected chi connectivity index (χ3v) is 5.27. The number of esters is 1. The fourth-order valence-corrected chi connectivity index (χ4v) is 3.54. The Morgan fingerprint density at radius 1 is 1.12 bits per heavy atom. The first-order valence-corrected chi connectivity index (χ1v) is 10.2. The predicted octanol–water partition coefficient (Wildman–Crippen LogP) is 1.54. The summed E-state index contributed by atoms with van der Waals surface area (Å²) in [5.41, 5.74) is 0.950. The van der Waals surface area contributed by atoms with Crippen molar-refractivity contribution in [1.82, 2.24) is 0 Å². The Hall–Kier alpha value is -2.40. The van der Waals surface area contributed by atoms with Crippen LogP contribution in [0, 0.1) is 0 Å². The van der Waals surface area contributed by atoms with Crippen molar-refractivity contribution in [3.8, 4) is 11.5 Å². The molecule has 0 amide bonds. The van der Waals surface area contributed by atoms with Crippen LogP contribution in [0.5, 0.6) is 11.5 Å². The topological polar surface area (TPSA) is 124 Å². The van der Waals surface area contributed by atoms with E-state index in [1.54, 1.807) is 0 Å². The van der Waals surface area contributed by atoms with Crippen LogP contribution in [0.4, 0.5) is 0 Å². The Morgan fingerprint density at radius 3 is 2.47 bits per heavy atom. The molecule has 3 N–H and O–H groups in total. The van der Waals surface area contributed by atoms with Gasteiger partial charge in [0.15, 0.2) is 23.9 Å². The van der Waals surface area contributed by atoms with E-state index in [-0.39, 0.29) is 28.7 Å². The minimum absolute atomic E-state index is 0.0275. The number of hydrogen-bond donors (Lipinski definition) is 3. The molecule has 0 unspecified atom stereocenters. The van der Waals surface area contributed by atoms with Gasteiger partial charge in [0.2, 0.25) is 0 Å². The molecule has 1 aliphatic rings. The van der Waals surface area contributed by atoms with Crippen molar-refractivity contribution in [1.29, 1.82) is 0 Å². The van der Waals surface area contributed by atoms with Crippen LogP contribution in [0.2, 0.25) is 5.02 Å². The van der Waals surface area contributed by atoms with Crippen molar-refractivity contribution >= 4 is 17.6 Å². The molecule has 3 rings (SSSR count). The van der Waals surface area contributed by atoms with Gasteiger partial charge in [-0.2, -0.15) is 0 Å². The summed E-state index contributed by atoms with van der Waals surface area (Å²) >= 11 is 6.33. The summed E-state index contributed by atoms with van der Waals surface area (Å²) in [6, 6.07) is 12.2. The first kappa shape index (κ1) is 24.2. The number of halogens is 1. The molecule has 1 fully saturated rings. The monoisotopic (exact) mass is 468 g/mol. The normalized spacial score (nSPS) is 25.2. The van der Waals surface area contributed by atoms with E-state index in [0.717, 1.165) is 5.56 Å². The summed E-state index contributed by atoms with van der Waals surface area (Å²) < 4.78 is 26.9. The average molecular weight is 469 g/mol. The molecule has 0 saturated carbocycles. The Kier molecular flexibility index (Phi) is 8.30. The van der Waals surface area contributed by atoms with Gasteiger partial charge in [0, 0.05) is 7.11 Å². The van der Waals surface area contributed by atoms with E-state index >= 15 is 0 Å². The van der Waals surface area contributed by atoms with Crippen molar-refractivity contribution in [3.05, 3.63) is 58.6 Å². The Labute approximate surface area is 190 Å². The van der Waals surface area contributed by atoms with Crippen LogP contribution in [0.15, 0.2) is 42.5 Å². The molecular formula is C22H25ClO9. The van der Waals surface area contributed by atoms with E-state index < -0.39 is 43.3 Å².